The number of ether oxygens (including phenoxy) is 12. The Morgan fingerprint density at radius 2 is 0.500 bits per heavy atom. The summed E-state index contributed by atoms with van der Waals surface area (Å²) in [7, 11) is 0. The van der Waals surface area contributed by atoms with Gasteiger partial charge in [0.25, 0.3) is 0 Å². The highest BCUT2D eigenvalue weighted by atomic mass is 16.8. The SMILES string of the molecule is OC[C@@H](O)[C@@H](O[C@@H]1O[C@H](CO)[C@@H](O[C@@H]2O[C@H](CO)[C@@H](O[C@@H]3O[C@H](CO)[C@@H](O[C@@H]4O[C@H](CO)[C@@H](O[C@@H]5O[C@H](CO)[C@@H](O[C@@H]6O[C@H](CO)[C@@H](O)[C@H](O)[C@H]6O)[C@H](O)[C@H]5O)[C@H](O)[C@H]4O)[C@H](O)[C@H]3O)[C@H](O)[C@H]2O)[C@H](O)[C@H]1O)[C@H](O)[C@@H](O)CO. The molecule has 6 rings (SSSR count). The van der Waals surface area contributed by atoms with Crippen molar-refractivity contribution in [3.05, 3.63) is 0 Å². The van der Waals surface area contributed by atoms with E-state index in [2.05, 4.69) is 0 Å². The summed E-state index contributed by atoms with van der Waals surface area (Å²) in [5, 5.41) is 252. The van der Waals surface area contributed by atoms with Gasteiger partial charge in [0.05, 0.1) is 52.9 Å². The van der Waals surface area contributed by atoms with Gasteiger partial charge in [-0.05, 0) is 0 Å². The van der Waals surface area contributed by atoms with Gasteiger partial charge in [0.1, 0.15) is 171 Å². The Kier molecular flexibility index (Phi) is 24.3. The smallest absolute Gasteiger partial charge is 0.187 e. The van der Waals surface area contributed by atoms with E-state index in [1.54, 1.807) is 0 Å². The molecule has 0 aliphatic carbocycles. The molecule has 0 bridgehead atoms. The van der Waals surface area contributed by atoms with Crippen LogP contribution in [0, 0.1) is 0 Å². The maximum Gasteiger partial charge on any atom is 0.187 e. The Labute approximate surface area is 440 Å². The minimum atomic E-state index is -2.24. The van der Waals surface area contributed by atoms with E-state index in [-0.39, 0.29) is 0 Å². The second-order valence-electron chi connectivity index (χ2n) is 19.3. The minimum Gasteiger partial charge on any atom is -0.394 e. The van der Waals surface area contributed by atoms with Crippen LogP contribution in [0.3, 0.4) is 0 Å². The van der Waals surface area contributed by atoms with E-state index in [1.807, 2.05) is 0 Å². The highest BCUT2D eigenvalue weighted by molar-refractivity contribution is 5.00. The molecule has 0 spiro atoms. The molecule has 0 radical (unpaired) electrons. The van der Waals surface area contributed by atoms with Crippen LogP contribution in [-0.4, -0.2) is 384 Å². The number of aliphatic hydroxyl groups is 24. The summed E-state index contributed by atoms with van der Waals surface area (Å²) in [6.45, 7) is -8.17. The second kappa shape index (κ2) is 28.9. The largest absolute Gasteiger partial charge is 0.394 e. The van der Waals surface area contributed by atoms with Crippen LogP contribution in [0.25, 0.3) is 0 Å². The van der Waals surface area contributed by atoms with Crippen LogP contribution >= 0.6 is 0 Å². The van der Waals surface area contributed by atoms with Crippen molar-refractivity contribution in [1.29, 1.82) is 0 Å². The van der Waals surface area contributed by atoms with Crippen molar-refractivity contribution in [2.24, 2.45) is 0 Å². The fourth-order valence-corrected chi connectivity index (χ4v) is 9.60. The molecule has 24 N–H and O–H groups in total. The number of aliphatic hydroxyl groups excluding tert-OH is 24. The summed E-state index contributed by atoms with van der Waals surface area (Å²) >= 11 is 0. The first-order chi connectivity index (χ1) is 37.0. The zero-order valence-electron chi connectivity index (χ0n) is 40.9. The molecule has 34 atom stereocenters. The van der Waals surface area contributed by atoms with Gasteiger partial charge in [0.2, 0.25) is 0 Å². The molecular weight excluding hydrogens is 1080 g/mol. The molecule has 0 saturated carbocycles. The van der Waals surface area contributed by atoms with Gasteiger partial charge in [-0.1, -0.05) is 0 Å². The zero-order chi connectivity index (χ0) is 57.8. The Bertz CT molecular complexity index is 1760. The van der Waals surface area contributed by atoms with Crippen LogP contribution in [-0.2, 0) is 56.8 Å². The quantitative estimate of drug-likeness (QED) is 0.0452. The summed E-state index contributed by atoms with van der Waals surface area (Å²) in [6, 6.07) is 0. The molecule has 0 aromatic rings. The predicted octanol–water partition coefficient (Wildman–Crippen LogP) is -16.6. The monoisotopic (exact) mass is 1150 g/mol. The summed E-state index contributed by atoms with van der Waals surface area (Å²) < 4.78 is 66.6. The predicted molar refractivity (Wildman–Crippen MR) is 234 cm³/mol. The third-order valence-electron chi connectivity index (χ3n) is 14.2. The summed E-state index contributed by atoms with van der Waals surface area (Å²) in [4.78, 5) is 0. The minimum absolute atomic E-state index is 0.846. The van der Waals surface area contributed by atoms with E-state index in [4.69, 9.17) is 56.8 Å². The molecule has 458 valence electrons. The Morgan fingerprint density at radius 3 is 0.756 bits per heavy atom. The van der Waals surface area contributed by atoms with E-state index < -0.39 is 262 Å². The van der Waals surface area contributed by atoms with Gasteiger partial charge in [-0.2, -0.15) is 0 Å². The Hall–Kier alpha value is -1.44. The van der Waals surface area contributed by atoms with Gasteiger partial charge in [-0.25, -0.2) is 0 Å². The van der Waals surface area contributed by atoms with E-state index in [1.165, 1.54) is 0 Å². The van der Waals surface area contributed by atoms with Crippen molar-refractivity contribution in [2.75, 3.05) is 52.9 Å². The van der Waals surface area contributed by atoms with Crippen LogP contribution in [0.2, 0.25) is 0 Å². The Morgan fingerprint density at radius 1 is 0.269 bits per heavy atom. The lowest BCUT2D eigenvalue weighted by molar-refractivity contribution is -0.397. The molecule has 0 aromatic carbocycles. The fraction of sp³-hybridized carbons (Fsp3) is 1.00. The lowest BCUT2D eigenvalue weighted by atomic mass is 9.95. The van der Waals surface area contributed by atoms with Gasteiger partial charge in [0, 0.05) is 0 Å². The van der Waals surface area contributed by atoms with Crippen LogP contribution in [0.5, 0.6) is 0 Å². The van der Waals surface area contributed by atoms with Crippen molar-refractivity contribution in [3.8, 4) is 0 Å². The molecule has 6 aliphatic rings. The van der Waals surface area contributed by atoms with Crippen LogP contribution in [0.1, 0.15) is 0 Å². The van der Waals surface area contributed by atoms with Crippen molar-refractivity contribution in [1.82, 2.24) is 0 Å². The fourth-order valence-electron chi connectivity index (χ4n) is 9.60. The number of hydrogen-bond acceptors (Lipinski definition) is 36. The second-order valence-corrected chi connectivity index (χ2v) is 19.3. The van der Waals surface area contributed by atoms with Gasteiger partial charge < -0.3 is 179 Å². The summed E-state index contributed by atoms with van der Waals surface area (Å²) in [6.07, 6.45) is -66.9. The molecule has 0 amide bonds. The first-order valence-corrected chi connectivity index (χ1v) is 24.6. The first kappa shape index (κ1) is 65.7. The van der Waals surface area contributed by atoms with Crippen LogP contribution < -0.4 is 0 Å². The molecule has 36 heteroatoms. The molecule has 6 fully saturated rings. The lowest BCUT2D eigenvalue weighted by Gasteiger charge is -2.50. The standard InChI is InChI=1S/C42H74O36/c43-1-9(51)17(53)31(10(52)2-44)73-38-26(62)20(56)33(12(4-46)68-38)75-40-28(64)22(58)35(14(6-48)70-40)77-42-30(66)24(60)36(16(8-50)72-42)78-41-29(65)23(59)34(15(7-49)71-41)76-39-27(63)21(57)32(13(5-47)69-39)74-37-25(61)19(55)18(54)11(3-45)67-37/h9-66H,1-8H2/t9-,10+,11+,12+,13+,14+,15+,16+,17+,18+,19-,20+,21+,22+,23+,24+,25+,26+,27+,28+,29+,30+,31+,32+,33+,34+,35+,36+,37-,38-,39-,40-,41-,42-/m0/s1. The molecular formula is C42H74O36. The van der Waals surface area contributed by atoms with Crippen molar-refractivity contribution in [3.63, 3.8) is 0 Å². The number of hydrogen-bond donors (Lipinski definition) is 24. The van der Waals surface area contributed by atoms with E-state index in [0.717, 1.165) is 0 Å². The lowest BCUT2D eigenvalue weighted by Crippen LogP contribution is -2.68. The molecule has 78 heavy (non-hydrogen) atoms. The van der Waals surface area contributed by atoms with Crippen molar-refractivity contribution in [2.45, 2.75) is 209 Å². The maximum absolute atomic E-state index is 11.3. The highest BCUT2D eigenvalue weighted by Gasteiger charge is 2.58. The normalized spacial score (nSPS) is 49.2. The zero-order valence-corrected chi connectivity index (χ0v) is 40.9. The third-order valence-corrected chi connectivity index (χ3v) is 14.2. The molecule has 0 aromatic heterocycles. The number of rotatable bonds is 23. The molecule has 6 heterocycles. The topological polar surface area (TPSA) is 596 Å². The molecule has 36 nitrogen and oxygen atoms in total. The third kappa shape index (κ3) is 13.9. The van der Waals surface area contributed by atoms with Gasteiger partial charge in [-0.15, -0.1) is 0 Å². The Balaban J connectivity index is 1.06. The van der Waals surface area contributed by atoms with Gasteiger partial charge in [0.15, 0.2) is 37.7 Å². The average Bonchev–Trinajstić information content (AvgIpc) is 3.44. The van der Waals surface area contributed by atoms with E-state index >= 15 is 0 Å². The van der Waals surface area contributed by atoms with Crippen LogP contribution in [0.4, 0.5) is 0 Å². The van der Waals surface area contributed by atoms with Gasteiger partial charge in [-0.3, -0.25) is 0 Å². The van der Waals surface area contributed by atoms with E-state index in [0.29, 0.717) is 0 Å². The van der Waals surface area contributed by atoms with E-state index in [9.17, 15) is 123 Å². The van der Waals surface area contributed by atoms with Crippen molar-refractivity contribution >= 4 is 0 Å². The maximum atomic E-state index is 11.3. The summed E-state index contributed by atoms with van der Waals surface area (Å²) in [5.41, 5.74) is 0. The highest BCUT2D eigenvalue weighted by Crippen LogP contribution is 2.37. The first-order valence-electron chi connectivity index (χ1n) is 24.6. The van der Waals surface area contributed by atoms with Crippen molar-refractivity contribution < 1.29 is 179 Å². The molecule has 6 aliphatic heterocycles. The molecule has 6 saturated heterocycles. The molecule has 0 unspecified atom stereocenters. The van der Waals surface area contributed by atoms with Crippen LogP contribution in [0.15, 0.2) is 0 Å². The summed E-state index contributed by atoms with van der Waals surface area (Å²) in [5.74, 6) is 0. The average molecular weight is 1160 g/mol. The van der Waals surface area contributed by atoms with Gasteiger partial charge >= 0.3 is 0 Å².